The van der Waals surface area contributed by atoms with Gasteiger partial charge in [-0.05, 0) is 42.3 Å². The minimum Gasteiger partial charge on any atom is -0.251 e. The van der Waals surface area contributed by atoms with E-state index in [4.69, 9.17) is 4.84 Å². The van der Waals surface area contributed by atoms with E-state index in [9.17, 15) is 13.6 Å². The van der Waals surface area contributed by atoms with Crippen molar-refractivity contribution in [3.05, 3.63) is 58.6 Å². The summed E-state index contributed by atoms with van der Waals surface area (Å²) in [5.74, 6) is -1.24. The van der Waals surface area contributed by atoms with Crippen molar-refractivity contribution in [3.8, 4) is 11.1 Å². The molecule has 142 valence electrons. The van der Waals surface area contributed by atoms with Crippen LogP contribution in [-0.2, 0) is 11.4 Å². The molecule has 1 aliphatic rings. The molecular formula is C18H19F2N5O2. The van der Waals surface area contributed by atoms with Crippen molar-refractivity contribution >= 4 is 11.5 Å². The van der Waals surface area contributed by atoms with Crippen LogP contribution in [0.2, 0.25) is 0 Å². The van der Waals surface area contributed by atoms with E-state index in [2.05, 4.69) is 15.6 Å². The molecule has 3 aromatic rings. The summed E-state index contributed by atoms with van der Waals surface area (Å²) >= 11 is 0. The van der Waals surface area contributed by atoms with Gasteiger partial charge in [0.05, 0.1) is 6.54 Å². The molecule has 0 spiro atoms. The van der Waals surface area contributed by atoms with Crippen molar-refractivity contribution < 1.29 is 13.6 Å². The van der Waals surface area contributed by atoms with Crippen molar-refractivity contribution in [1.29, 1.82) is 0 Å². The van der Waals surface area contributed by atoms with Crippen LogP contribution in [0.15, 0.2) is 46.3 Å². The predicted molar refractivity (Wildman–Crippen MR) is 97.3 cm³/mol. The molecule has 0 bridgehead atoms. The number of hydroxylamine groups is 1. The quantitative estimate of drug-likeness (QED) is 0.764. The highest BCUT2D eigenvalue weighted by atomic mass is 19.2. The fourth-order valence-corrected chi connectivity index (χ4v) is 2.63. The Labute approximate surface area is 153 Å². The number of nitrogens with zero attached hydrogens (tertiary/aromatic N) is 4. The number of benzene rings is 1. The largest absolute Gasteiger partial charge is 0.350 e. The molecule has 4 rings (SSSR count). The van der Waals surface area contributed by atoms with Crippen molar-refractivity contribution in [2.24, 2.45) is 4.99 Å². The average Bonchev–Trinajstić information content (AvgIpc) is 3.22. The number of halogens is 2. The van der Waals surface area contributed by atoms with Gasteiger partial charge in [0.1, 0.15) is 5.84 Å². The predicted octanol–water partition coefficient (Wildman–Crippen LogP) is 2.75. The van der Waals surface area contributed by atoms with Gasteiger partial charge in [-0.1, -0.05) is 19.9 Å². The fourth-order valence-electron chi connectivity index (χ4n) is 2.63. The monoisotopic (exact) mass is 375 g/mol. The van der Waals surface area contributed by atoms with E-state index in [0.29, 0.717) is 22.6 Å². The maximum absolute atomic E-state index is 13.4. The molecule has 0 radical (unpaired) electrons. The van der Waals surface area contributed by atoms with Crippen LogP contribution in [-0.4, -0.2) is 26.2 Å². The first kappa shape index (κ1) is 18.7. The molecule has 0 fully saturated rings. The van der Waals surface area contributed by atoms with Gasteiger partial charge in [-0.15, -0.1) is 5.10 Å². The fraction of sp³-hybridized carbons (Fsp3) is 0.278. The number of rotatable bonds is 3. The maximum atomic E-state index is 13.4. The Balaban J connectivity index is 0.00000102. The summed E-state index contributed by atoms with van der Waals surface area (Å²) in [5.41, 5.74) is 3.71. The molecule has 9 heteroatoms. The first-order chi connectivity index (χ1) is 13.0. The second kappa shape index (κ2) is 7.67. The van der Waals surface area contributed by atoms with Gasteiger partial charge in [-0.3, -0.25) is 5.48 Å². The SMILES string of the molecule is CC.CC1=NC(Cn2nc3ccc(-c4ccc(F)c(F)c4)cn3c2=O)ON1. The molecule has 7 nitrogen and oxygen atoms in total. The zero-order valence-electron chi connectivity index (χ0n) is 15.1. The molecule has 0 amide bonds. The number of hydrogen-bond donors (Lipinski definition) is 1. The molecular weight excluding hydrogens is 356 g/mol. The smallest absolute Gasteiger partial charge is 0.251 e. The molecule has 0 saturated carbocycles. The van der Waals surface area contributed by atoms with Crippen LogP contribution in [0.25, 0.3) is 16.8 Å². The highest BCUT2D eigenvalue weighted by molar-refractivity contribution is 5.79. The molecule has 1 atom stereocenters. The lowest BCUT2D eigenvalue weighted by Gasteiger charge is -2.03. The summed E-state index contributed by atoms with van der Waals surface area (Å²) in [5, 5.41) is 4.22. The van der Waals surface area contributed by atoms with Gasteiger partial charge >= 0.3 is 5.69 Å². The summed E-state index contributed by atoms with van der Waals surface area (Å²) in [6, 6.07) is 6.91. The summed E-state index contributed by atoms with van der Waals surface area (Å²) in [7, 11) is 0. The summed E-state index contributed by atoms with van der Waals surface area (Å²) in [4.78, 5) is 21.9. The van der Waals surface area contributed by atoms with Gasteiger partial charge in [-0.25, -0.2) is 32.5 Å². The third kappa shape index (κ3) is 3.72. The second-order valence-corrected chi connectivity index (χ2v) is 5.63. The Hall–Kier alpha value is -3.07. The van der Waals surface area contributed by atoms with Gasteiger partial charge in [-0.2, -0.15) is 0 Å². The standard InChI is InChI=1S/C16H13F2N5O2.C2H6/c1-9-19-15(25-21-9)8-23-16(24)22-7-11(3-5-14(22)20-23)10-2-4-12(17)13(18)6-10;1-2/h2-7,15H,8H2,1H3,(H,19,21);1-2H3. The van der Waals surface area contributed by atoms with Crippen molar-refractivity contribution in [1.82, 2.24) is 19.7 Å². The van der Waals surface area contributed by atoms with Gasteiger partial charge in [0.25, 0.3) is 0 Å². The van der Waals surface area contributed by atoms with Crippen LogP contribution in [0.5, 0.6) is 0 Å². The zero-order chi connectivity index (χ0) is 19.6. The van der Waals surface area contributed by atoms with Crippen LogP contribution < -0.4 is 11.2 Å². The molecule has 27 heavy (non-hydrogen) atoms. The molecule has 1 aromatic carbocycles. The van der Waals surface area contributed by atoms with E-state index < -0.39 is 17.9 Å². The molecule has 1 N–H and O–H groups in total. The normalized spacial score (nSPS) is 15.9. The molecule has 1 aliphatic heterocycles. The van der Waals surface area contributed by atoms with Gasteiger partial charge in [0.15, 0.2) is 23.5 Å². The topological polar surface area (TPSA) is 72.9 Å². The first-order valence-electron chi connectivity index (χ1n) is 8.52. The highest BCUT2D eigenvalue weighted by Gasteiger charge is 2.18. The summed E-state index contributed by atoms with van der Waals surface area (Å²) in [6.45, 7) is 5.91. The third-order valence-corrected chi connectivity index (χ3v) is 3.84. The average molecular weight is 375 g/mol. The van der Waals surface area contributed by atoms with E-state index in [1.165, 1.54) is 21.3 Å². The minimum atomic E-state index is -0.945. The zero-order valence-corrected chi connectivity index (χ0v) is 15.1. The number of fused-ring (bicyclic) bond motifs is 1. The number of hydrogen-bond acceptors (Lipinski definition) is 5. The van der Waals surface area contributed by atoms with E-state index >= 15 is 0 Å². The van der Waals surface area contributed by atoms with Crippen LogP contribution >= 0.6 is 0 Å². The third-order valence-electron chi connectivity index (χ3n) is 3.84. The van der Waals surface area contributed by atoms with Crippen molar-refractivity contribution in [2.75, 3.05) is 0 Å². The van der Waals surface area contributed by atoms with Gasteiger partial charge < -0.3 is 0 Å². The summed E-state index contributed by atoms with van der Waals surface area (Å²) < 4.78 is 29.1. The van der Waals surface area contributed by atoms with Crippen LogP contribution in [0.1, 0.15) is 20.8 Å². The Morgan fingerprint density at radius 1 is 1.15 bits per heavy atom. The van der Waals surface area contributed by atoms with Crippen molar-refractivity contribution in [3.63, 3.8) is 0 Å². The molecule has 1 unspecified atom stereocenters. The summed E-state index contributed by atoms with van der Waals surface area (Å²) in [6.07, 6.45) is 1.00. The molecule has 0 aliphatic carbocycles. The number of aromatic nitrogens is 3. The minimum absolute atomic E-state index is 0.158. The van der Waals surface area contributed by atoms with E-state index in [0.717, 1.165) is 12.1 Å². The lowest BCUT2D eigenvalue weighted by atomic mass is 10.1. The van der Waals surface area contributed by atoms with Crippen LogP contribution in [0.3, 0.4) is 0 Å². The van der Waals surface area contributed by atoms with Crippen LogP contribution in [0.4, 0.5) is 8.78 Å². The van der Waals surface area contributed by atoms with Crippen molar-refractivity contribution in [2.45, 2.75) is 33.5 Å². The maximum Gasteiger partial charge on any atom is 0.350 e. The lowest BCUT2D eigenvalue weighted by molar-refractivity contribution is 0.0251. The van der Waals surface area contributed by atoms with E-state index in [1.54, 1.807) is 19.1 Å². The highest BCUT2D eigenvalue weighted by Crippen LogP contribution is 2.21. The van der Waals surface area contributed by atoms with Gasteiger partial charge in [0, 0.05) is 6.20 Å². The van der Waals surface area contributed by atoms with Gasteiger partial charge in [0.2, 0.25) is 0 Å². The Morgan fingerprint density at radius 3 is 2.56 bits per heavy atom. The second-order valence-electron chi connectivity index (χ2n) is 5.63. The van der Waals surface area contributed by atoms with Crippen LogP contribution in [0, 0.1) is 11.6 Å². The lowest BCUT2D eigenvalue weighted by Crippen LogP contribution is -2.28. The number of aliphatic imine (C=N–C) groups is 1. The van der Waals surface area contributed by atoms with E-state index in [-0.39, 0.29) is 12.2 Å². The molecule has 3 heterocycles. The number of amidine groups is 1. The molecule has 2 aromatic heterocycles. The Kier molecular flexibility index (Phi) is 5.31. The van der Waals surface area contributed by atoms with E-state index in [1.807, 2.05) is 13.8 Å². The Morgan fingerprint density at radius 2 is 1.89 bits per heavy atom. The molecule has 0 saturated heterocycles. The first-order valence-corrected chi connectivity index (χ1v) is 8.52. The number of pyridine rings is 1. The number of nitrogens with one attached hydrogen (secondary N) is 1. The Bertz CT molecular complexity index is 1060.